The topological polar surface area (TPSA) is 49.0 Å². The summed E-state index contributed by atoms with van der Waals surface area (Å²) in [5, 5.41) is 0.672. The van der Waals surface area contributed by atoms with Gasteiger partial charge in [0.15, 0.2) is 0 Å². The van der Waals surface area contributed by atoms with E-state index in [-0.39, 0.29) is 5.56 Å². The second kappa shape index (κ2) is 5.38. The molecule has 0 spiro atoms. The summed E-state index contributed by atoms with van der Waals surface area (Å²) >= 11 is 5.88. The molecule has 1 aromatic heterocycles. The Balaban J connectivity index is 2.04. The minimum absolute atomic E-state index is 0.0179. The molecule has 1 N–H and O–H groups in total. The Morgan fingerprint density at radius 3 is 2.80 bits per heavy atom. The fourth-order valence-electron chi connectivity index (χ4n) is 2.51. The zero-order chi connectivity index (χ0) is 14.1. The van der Waals surface area contributed by atoms with E-state index in [9.17, 15) is 4.79 Å². The van der Waals surface area contributed by atoms with Crippen LogP contribution in [0.4, 0.5) is 0 Å². The summed E-state index contributed by atoms with van der Waals surface area (Å²) < 4.78 is 0. The van der Waals surface area contributed by atoms with Crippen molar-refractivity contribution in [1.82, 2.24) is 14.9 Å². The number of nitrogens with zero attached hydrogens (tertiary/aromatic N) is 2. The smallest absolute Gasteiger partial charge is 0.254 e. The molecule has 0 saturated carbocycles. The molecule has 1 aliphatic rings. The molecule has 20 heavy (non-hydrogen) atoms. The van der Waals surface area contributed by atoms with Crippen LogP contribution in [0.1, 0.15) is 18.2 Å². The monoisotopic (exact) mass is 289 g/mol. The van der Waals surface area contributed by atoms with Gasteiger partial charge in [-0.2, -0.15) is 0 Å². The summed E-state index contributed by atoms with van der Waals surface area (Å²) in [5.41, 5.74) is 2.58. The summed E-state index contributed by atoms with van der Waals surface area (Å²) in [5.74, 6) is 0.614. The summed E-state index contributed by atoms with van der Waals surface area (Å²) in [6, 6.07) is 7.34. The molecular formula is C15H16ClN3O. The molecule has 0 amide bonds. The van der Waals surface area contributed by atoms with Gasteiger partial charge >= 0.3 is 0 Å². The van der Waals surface area contributed by atoms with E-state index in [0.29, 0.717) is 10.8 Å². The molecule has 2 heterocycles. The van der Waals surface area contributed by atoms with E-state index in [1.165, 1.54) is 0 Å². The number of aromatic amines is 1. The van der Waals surface area contributed by atoms with Crippen LogP contribution in [0.15, 0.2) is 29.1 Å². The molecule has 0 saturated heterocycles. The molecule has 0 atom stereocenters. The van der Waals surface area contributed by atoms with Gasteiger partial charge in [0, 0.05) is 29.2 Å². The lowest BCUT2D eigenvalue weighted by Crippen LogP contribution is -2.35. The molecule has 0 radical (unpaired) electrons. The molecule has 1 aliphatic heterocycles. The van der Waals surface area contributed by atoms with Crippen LogP contribution in [0.3, 0.4) is 0 Å². The van der Waals surface area contributed by atoms with Gasteiger partial charge < -0.3 is 4.98 Å². The van der Waals surface area contributed by atoms with Crippen molar-refractivity contribution in [3.8, 4) is 11.4 Å². The Morgan fingerprint density at radius 2 is 2.10 bits per heavy atom. The SMILES string of the molecule is CCN1CCc2c(nc(-c3ccc(Cl)cc3)[nH]c2=O)C1. The molecule has 2 aromatic rings. The van der Waals surface area contributed by atoms with Crippen molar-refractivity contribution in [1.29, 1.82) is 0 Å². The number of H-pyrrole nitrogens is 1. The Morgan fingerprint density at radius 1 is 1.35 bits per heavy atom. The number of benzene rings is 1. The van der Waals surface area contributed by atoms with Gasteiger partial charge in [0.25, 0.3) is 5.56 Å². The molecule has 0 bridgehead atoms. The number of rotatable bonds is 2. The Bertz CT molecular complexity index is 679. The highest BCUT2D eigenvalue weighted by Crippen LogP contribution is 2.20. The number of fused-ring (bicyclic) bond motifs is 1. The van der Waals surface area contributed by atoms with Crippen molar-refractivity contribution >= 4 is 11.6 Å². The average molecular weight is 290 g/mol. The first-order valence-electron chi connectivity index (χ1n) is 6.77. The number of hydrogen-bond acceptors (Lipinski definition) is 3. The van der Waals surface area contributed by atoms with Crippen molar-refractivity contribution in [3.63, 3.8) is 0 Å². The minimum atomic E-state index is -0.0179. The maximum absolute atomic E-state index is 12.2. The van der Waals surface area contributed by atoms with Crippen molar-refractivity contribution in [2.24, 2.45) is 0 Å². The highest BCUT2D eigenvalue weighted by atomic mass is 35.5. The van der Waals surface area contributed by atoms with Gasteiger partial charge in [0.1, 0.15) is 5.82 Å². The lowest BCUT2D eigenvalue weighted by Gasteiger charge is -2.26. The van der Waals surface area contributed by atoms with E-state index in [1.54, 1.807) is 12.1 Å². The summed E-state index contributed by atoms with van der Waals surface area (Å²) in [6.45, 7) is 4.77. The number of hydrogen-bond donors (Lipinski definition) is 1. The van der Waals surface area contributed by atoms with Crippen LogP contribution in [0.25, 0.3) is 11.4 Å². The molecule has 4 nitrogen and oxygen atoms in total. The van der Waals surface area contributed by atoms with Crippen LogP contribution >= 0.6 is 11.6 Å². The molecule has 3 rings (SSSR count). The maximum Gasteiger partial charge on any atom is 0.254 e. The van der Waals surface area contributed by atoms with Crippen molar-refractivity contribution in [3.05, 3.63) is 50.9 Å². The Labute approximate surface area is 122 Å². The van der Waals surface area contributed by atoms with Crippen LogP contribution in [0, 0.1) is 0 Å². The van der Waals surface area contributed by atoms with Crippen LogP contribution in [-0.2, 0) is 13.0 Å². The average Bonchev–Trinajstić information content (AvgIpc) is 2.47. The predicted molar refractivity (Wildman–Crippen MR) is 80.0 cm³/mol. The van der Waals surface area contributed by atoms with Crippen molar-refractivity contribution in [2.45, 2.75) is 19.9 Å². The van der Waals surface area contributed by atoms with Crippen LogP contribution in [0.2, 0.25) is 5.02 Å². The molecule has 0 aliphatic carbocycles. The quantitative estimate of drug-likeness (QED) is 0.924. The molecule has 1 aromatic carbocycles. The largest absolute Gasteiger partial charge is 0.306 e. The number of nitrogens with one attached hydrogen (secondary N) is 1. The number of halogens is 1. The third-order valence-electron chi connectivity index (χ3n) is 3.72. The first kappa shape index (κ1) is 13.3. The van der Waals surface area contributed by atoms with E-state index in [4.69, 9.17) is 11.6 Å². The first-order valence-corrected chi connectivity index (χ1v) is 7.15. The normalized spacial score (nSPS) is 15.1. The van der Waals surface area contributed by atoms with E-state index in [2.05, 4.69) is 21.8 Å². The summed E-state index contributed by atoms with van der Waals surface area (Å²) in [6.07, 6.45) is 0.770. The van der Waals surface area contributed by atoms with E-state index < -0.39 is 0 Å². The number of likely N-dealkylation sites (N-methyl/N-ethyl adjacent to an activating group) is 1. The van der Waals surface area contributed by atoms with Gasteiger partial charge in [-0.15, -0.1) is 0 Å². The van der Waals surface area contributed by atoms with E-state index in [1.807, 2.05) is 12.1 Å². The molecule has 0 unspecified atom stereocenters. The Hall–Kier alpha value is -1.65. The van der Waals surface area contributed by atoms with Crippen molar-refractivity contribution in [2.75, 3.05) is 13.1 Å². The maximum atomic E-state index is 12.2. The van der Waals surface area contributed by atoms with Gasteiger partial charge in [-0.05, 0) is 37.2 Å². The standard InChI is InChI=1S/C15H16ClN3O/c1-2-19-8-7-12-13(9-19)17-14(18-15(12)20)10-3-5-11(16)6-4-10/h3-6H,2,7-9H2,1H3,(H,17,18,20). The molecular weight excluding hydrogens is 274 g/mol. The minimum Gasteiger partial charge on any atom is -0.306 e. The molecule has 104 valence electrons. The Kier molecular flexibility index (Phi) is 3.59. The molecule has 5 heteroatoms. The highest BCUT2D eigenvalue weighted by molar-refractivity contribution is 6.30. The summed E-state index contributed by atoms with van der Waals surface area (Å²) in [4.78, 5) is 22.0. The lowest BCUT2D eigenvalue weighted by atomic mass is 10.1. The highest BCUT2D eigenvalue weighted by Gasteiger charge is 2.20. The van der Waals surface area contributed by atoms with Crippen LogP contribution in [0.5, 0.6) is 0 Å². The fourth-order valence-corrected chi connectivity index (χ4v) is 2.63. The van der Waals surface area contributed by atoms with Crippen molar-refractivity contribution < 1.29 is 0 Å². The van der Waals surface area contributed by atoms with Gasteiger partial charge in [-0.1, -0.05) is 18.5 Å². The number of aromatic nitrogens is 2. The third kappa shape index (κ3) is 2.49. The second-order valence-corrected chi connectivity index (χ2v) is 5.40. The molecule has 0 fully saturated rings. The lowest BCUT2D eigenvalue weighted by molar-refractivity contribution is 0.262. The van der Waals surface area contributed by atoms with E-state index >= 15 is 0 Å². The zero-order valence-corrected chi connectivity index (χ0v) is 12.1. The summed E-state index contributed by atoms with van der Waals surface area (Å²) in [7, 11) is 0. The van der Waals surface area contributed by atoms with Gasteiger partial charge in [-0.25, -0.2) is 4.98 Å². The van der Waals surface area contributed by atoms with Gasteiger partial charge in [0.2, 0.25) is 0 Å². The first-order chi connectivity index (χ1) is 9.67. The van der Waals surface area contributed by atoms with Gasteiger partial charge in [-0.3, -0.25) is 9.69 Å². The third-order valence-corrected chi connectivity index (χ3v) is 3.97. The van der Waals surface area contributed by atoms with Crippen LogP contribution < -0.4 is 5.56 Å². The van der Waals surface area contributed by atoms with Crippen LogP contribution in [-0.4, -0.2) is 28.0 Å². The predicted octanol–water partition coefficient (Wildman–Crippen LogP) is 2.47. The van der Waals surface area contributed by atoms with Gasteiger partial charge in [0.05, 0.1) is 5.69 Å². The fraction of sp³-hybridized carbons (Fsp3) is 0.333. The second-order valence-electron chi connectivity index (χ2n) is 4.97. The zero-order valence-electron chi connectivity index (χ0n) is 11.3. The van der Waals surface area contributed by atoms with E-state index in [0.717, 1.165) is 42.9 Å².